The molecule has 3 aromatic rings. The van der Waals surface area contributed by atoms with Gasteiger partial charge in [-0.2, -0.15) is 10.4 Å². The molecule has 5 rings (SSSR count). The van der Waals surface area contributed by atoms with Crippen LogP contribution >= 0.6 is 0 Å². The third-order valence-corrected chi connectivity index (χ3v) is 7.99. The summed E-state index contributed by atoms with van der Waals surface area (Å²) in [5.74, 6) is -1.99. The maximum absolute atomic E-state index is 13.8. The molecule has 214 valence electrons. The number of nitriles is 1. The maximum atomic E-state index is 13.8. The molecule has 3 heterocycles. The third kappa shape index (κ3) is 8.14. The molecule has 12 heteroatoms. The van der Waals surface area contributed by atoms with Crippen LogP contribution in [0.2, 0.25) is 0 Å². The highest BCUT2D eigenvalue weighted by molar-refractivity contribution is 7.85. The van der Waals surface area contributed by atoms with Gasteiger partial charge < -0.3 is 10.2 Å². The number of anilines is 1. The predicted molar refractivity (Wildman–Crippen MR) is 149 cm³/mol. The molecule has 1 amide bonds. The summed E-state index contributed by atoms with van der Waals surface area (Å²) in [6.45, 7) is 1.59. The number of carbonyl (C=O) groups excluding carboxylic acids is 1. The molecular formula is C28H33F3N6O2S. The van der Waals surface area contributed by atoms with Crippen molar-refractivity contribution in [3.05, 3.63) is 60.8 Å². The van der Waals surface area contributed by atoms with Gasteiger partial charge in [-0.05, 0) is 42.7 Å². The Morgan fingerprint density at radius 2 is 1.80 bits per heavy atom. The van der Waals surface area contributed by atoms with Gasteiger partial charge in [0, 0.05) is 77.8 Å². The highest BCUT2D eigenvalue weighted by Crippen LogP contribution is 2.36. The molecule has 1 saturated heterocycles. The zero-order chi connectivity index (χ0) is 27.8. The minimum atomic E-state index is -2.61. The average molecular weight is 575 g/mol. The van der Waals surface area contributed by atoms with Gasteiger partial charge in [-0.25, -0.2) is 22.8 Å². The van der Waals surface area contributed by atoms with Gasteiger partial charge in [0.2, 0.25) is 11.8 Å². The summed E-state index contributed by atoms with van der Waals surface area (Å²) in [7, 11) is -0.676. The first kappa shape index (κ1) is 30.8. The van der Waals surface area contributed by atoms with E-state index >= 15 is 0 Å². The smallest absolute Gasteiger partial charge is 0.248 e. The molecule has 2 aliphatic rings. The monoisotopic (exact) mass is 574 g/mol. The second-order valence-corrected chi connectivity index (χ2v) is 11.1. The zero-order valence-electron chi connectivity index (χ0n) is 21.2. The van der Waals surface area contributed by atoms with Crippen molar-refractivity contribution in [2.75, 3.05) is 36.0 Å². The molecule has 0 radical (unpaired) electrons. The van der Waals surface area contributed by atoms with Crippen molar-refractivity contribution >= 4 is 22.4 Å². The number of aromatic nitrogens is 3. The van der Waals surface area contributed by atoms with Crippen molar-refractivity contribution in [3.8, 4) is 23.0 Å². The Morgan fingerprint density at radius 1 is 1.12 bits per heavy atom. The van der Waals surface area contributed by atoms with Gasteiger partial charge in [0.25, 0.3) is 0 Å². The topological polar surface area (TPSA) is 104 Å². The van der Waals surface area contributed by atoms with Crippen LogP contribution in [0.3, 0.4) is 0 Å². The van der Waals surface area contributed by atoms with Crippen molar-refractivity contribution in [3.63, 3.8) is 0 Å². The minimum absolute atomic E-state index is 0. The molecular weight excluding hydrogens is 541 g/mol. The van der Waals surface area contributed by atoms with Crippen LogP contribution < -0.4 is 10.2 Å². The van der Waals surface area contributed by atoms with Crippen LogP contribution in [0.15, 0.2) is 55.0 Å². The van der Waals surface area contributed by atoms with Crippen molar-refractivity contribution in [2.24, 2.45) is 5.92 Å². The van der Waals surface area contributed by atoms with Gasteiger partial charge in [0.15, 0.2) is 11.6 Å². The molecule has 1 aliphatic carbocycles. The van der Waals surface area contributed by atoms with Crippen LogP contribution in [0.1, 0.15) is 33.1 Å². The highest BCUT2D eigenvalue weighted by atomic mass is 32.2. The van der Waals surface area contributed by atoms with Crippen LogP contribution in [-0.2, 0) is 15.6 Å². The van der Waals surface area contributed by atoms with E-state index in [1.807, 2.05) is 12.1 Å². The summed E-state index contributed by atoms with van der Waals surface area (Å²) >= 11 is 0. The number of nitrogens with zero attached hydrogens (tertiary/aromatic N) is 5. The summed E-state index contributed by atoms with van der Waals surface area (Å²) < 4.78 is 52.1. The lowest BCUT2D eigenvalue weighted by atomic mass is 9.86. The lowest BCUT2D eigenvalue weighted by molar-refractivity contribution is -0.128. The Bertz CT molecular complexity index is 1320. The van der Waals surface area contributed by atoms with E-state index in [1.165, 1.54) is 10.7 Å². The van der Waals surface area contributed by atoms with Gasteiger partial charge in [-0.15, -0.1) is 0 Å². The predicted octanol–water partition coefficient (Wildman–Crippen LogP) is 4.73. The number of rotatable bonds is 5. The summed E-state index contributed by atoms with van der Waals surface area (Å²) in [6, 6.07) is 12.9. The number of carbonyl (C=O) groups is 1. The van der Waals surface area contributed by atoms with Gasteiger partial charge in [-0.1, -0.05) is 19.6 Å². The Kier molecular flexibility index (Phi) is 10.8. The van der Waals surface area contributed by atoms with Crippen molar-refractivity contribution in [2.45, 2.75) is 39.0 Å². The summed E-state index contributed by atoms with van der Waals surface area (Å²) in [5, 5.41) is 14.8. The Labute approximate surface area is 234 Å². The second-order valence-electron chi connectivity index (χ2n) is 9.37. The molecule has 0 bridgehead atoms. The maximum Gasteiger partial charge on any atom is 0.248 e. The van der Waals surface area contributed by atoms with E-state index in [9.17, 15) is 22.2 Å². The van der Waals surface area contributed by atoms with E-state index in [0.29, 0.717) is 0 Å². The van der Waals surface area contributed by atoms with Gasteiger partial charge >= 0.3 is 0 Å². The van der Waals surface area contributed by atoms with Crippen LogP contribution in [0.25, 0.3) is 16.9 Å². The molecule has 1 saturated carbocycles. The molecule has 1 N–H and O–H groups in total. The van der Waals surface area contributed by atoms with Crippen LogP contribution in [0.5, 0.6) is 0 Å². The first-order chi connectivity index (χ1) is 18.8. The Morgan fingerprint density at radius 3 is 2.42 bits per heavy atom. The van der Waals surface area contributed by atoms with E-state index in [-0.39, 0.29) is 57.3 Å². The molecule has 40 heavy (non-hydrogen) atoms. The number of benzene rings is 1. The zero-order valence-corrected chi connectivity index (χ0v) is 22.0. The van der Waals surface area contributed by atoms with Gasteiger partial charge in [0.1, 0.15) is 6.54 Å². The molecule has 1 aliphatic heterocycles. The summed E-state index contributed by atoms with van der Waals surface area (Å²) in [4.78, 5) is 17.5. The lowest BCUT2D eigenvalue weighted by Gasteiger charge is -2.28. The summed E-state index contributed by atoms with van der Waals surface area (Å²) in [6.07, 6.45) is 4.99. The standard InChI is InChI=1S/C18H17FN4OS.C9H12F2N2O.CH4/c19-17-2-1-7-20-18(17)23-13-15(12-21-23)14-3-5-16(6-4-14)22-8-10-25(24)11-9-22;10-9(11)3-1-7(2-4-9)8(14)13-6-5-12;/h1-7,12-13H,8-11H2;7H,1-4,6H2,(H,13,14);1H4. The van der Waals surface area contributed by atoms with Crippen LogP contribution in [0, 0.1) is 23.1 Å². The lowest BCUT2D eigenvalue weighted by Crippen LogP contribution is -2.37. The SMILES string of the molecule is C.N#CCNC(=O)C1CCC(F)(F)CC1.O=S1CCN(c2ccc(-c3cnn(-c4ncccc4F)c3)cc2)CC1. The molecule has 8 nitrogen and oxygen atoms in total. The normalized spacial score (nSPS) is 17.1. The van der Waals surface area contributed by atoms with E-state index in [0.717, 1.165) is 41.4 Å². The fraction of sp³-hybridized carbons (Fsp3) is 0.429. The number of halogens is 3. The minimum Gasteiger partial charge on any atom is -0.370 e. The first-order valence-electron chi connectivity index (χ1n) is 12.6. The van der Waals surface area contributed by atoms with E-state index in [1.54, 1.807) is 30.7 Å². The largest absolute Gasteiger partial charge is 0.370 e. The molecule has 2 fully saturated rings. The Balaban J connectivity index is 0.000000253. The van der Waals surface area contributed by atoms with E-state index in [4.69, 9.17) is 5.26 Å². The van der Waals surface area contributed by atoms with Crippen molar-refractivity contribution in [1.82, 2.24) is 20.1 Å². The fourth-order valence-corrected chi connectivity index (χ4v) is 5.52. The van der Waals surface area contributed by atoms with E-state index < -0.39 is 22.5 Å². The highest BCUT2D eigenvalue weighted by Gasteiger charge is 2.37. The molecule has 0 spiro atoms. The third-order valence-electron chi connectivity index (χ3n) is 6.71. The van der Waals surface area contributed by atoms with Crippen molar-refractivity contribution in [1.29, 1.82) is 5.26 Å². The summed E-state index contributed by atoms with van der Waals surface area (Å²) in [5.41, 5.74) is 3.03. The fourth-order valence-electron chi connectivity index (χ4n) is 4.47. The second kappa shape index (κ2) is 14.1. The van der Waals surface area contributed by atoms with Gasteiger partial charge in [0.05, 0.1) is 12.3 Å². The number of nitrogens with one attached hydrogen (secondary N) is 1. The molecule has 0 atom stereocenters. The molecule has 2 aromatic heterocycles. The number of amides is 1. The molecule has 1 aromatic carbocycles. The number of alkyl halides is 2. The van der Waals surface area contributed by atoms with Crippen LogP contribution in [-0.4, -0.2) is 61.9 Å². The Hall–Kier alpha value is -3.72. The number of hydrogen-bond acceptors (Lipinski definition) is 6. The van der Waals surface area contributed by atoms with Crippen LogP contribution in [0.4, 0.5) is 18.9 Å². The van der Waals surface area contributed by atoms with Gasteiger partial charge in [-0.3, -0.25) is 9.00 Å². The van der Waals surface area contributed by atoms with Crippen molar-refractivity contribution < 1.29 is 22.2 Å². The average Bonchev–Trinajstić information content (AvgIpc) is 3.43. The van der Waals surface area contributed by atoms with E-state index in [2.05, 4.69) is 32.4 Å². The number of hydrogen-bond donors (Lipinski definition) is 1. The number of pyridine rings is 1. The quantitative estimate of drug-likeness (QED) is 0.442. The first-order valence-corrected chi connectivity index (χ1v) is 14.1. The molecule has 0 unspecified atom stereocenters.